The first-order valence-electron chi connectivity index (χ1n) is 5.67. The molecule has 4 N–H and O–H groups in total. The molecule has 1 amide bonds. The van der Waals surface area contributed by atoms with Crippen LogP contribution in [0, 0.1) is 5.82 Å². The van der Waals surface area contributed by atoms with Crippen molar-refractivity contribution in [3.05, 3.63) is 53.8 Å². The average molecular weight is 260 g/mol. The number of halogens is 1. The number of phenolic OH excluding ortho intramolecular Hbond substituents is 1. The molecule has 0 aliphatic heterocycles. The first kappa shape index (κ1) is 12.9. The molecular weight excluding hydrogens is 247 g/mol. The fourth-order valence-electron chi connectivity index (χ4n) is 1.64. The highest BCUT2D eigenvalue weighted by Gasteiger charge is 2.08. The second-order valence-corrected chi connectivity index (χ2v) is 4.13. The predicted octanol–water partition coefficient (Wildman–Crippen LogP) is 2.29. The van der Waals surface area contributed by atoms with Crippen molar-refractivity contribution in [1.82, 2.24) is 0 Å². The monoisotopic (exact) mass is 260 g/mol. The number of aromatic hydroxyl groups is 1. The third kappa shape index (κ3) is 3.45. The van der Waals surface area contributed by atoms with Crippen LogP contribution in [0.1, 0.15) is 5.56 Å². The summed E-state index contributed by atoms with van der Waals surface area (Å²) in [6.07, 6.45) is 0.0918. The molecule has 0 saturated heterocycles. The zero-order valence-corrected chi connectivity index (χ0v) is 10.1. The van der Waals surface area contributed by atoms with Crippen molar-refractivity contribution in [2.45, 2.75) is 6.42 Å². The normalized spacial score (nSPS) is 10.2. The number of carbonyl (C=O) groups excluding carboxylic acids is 1. The Morgan fingerprint density at radius 3 is 2.58 bits per heavy atom. The highest BCUT2D eigenvalue weighted by Crippen LogP contribution is 2.25. The van der Waals surface area contributed by atoms with Crippen LogP contribution < -0.4 is 11.1 Å². The summed E-state index contributed by atoms with van der Waals surface area (Å²) in [6, 6.07) is 10.1. The van der Waals surface area contributed by atoms with Crippen molar-refractivity contribution in [3.8, 4) is 5.75 Å². The van der Waals surface area contributed by atoms with Gasteiger partial charge >= 0.3 is 0 Å². The molecule has 4 nitrogen and oxygen atoms in total. The van der Waals surface area contributed by atoms with Gasteiger partial charge in [0.05, 0.1) is 12.1 Å². The van der Waals surface area contributed by atoms with E-state index >= 15 is 0 Å². The van der Waals surface area contributed by atoms with Crippen molar-refractivity contribution in [2.24, 2.45) is 0 Å². The molecule has 0 heterocycles. The van der Waals surface area contributed by atoms with E-state index in [9.17, 15) is 14.3 Å². The molecule has 0 atom stereocenters. The molecule has 2 rings (SSSR count). The van der Waals surface area contributed by atoms with Crippen LogP contribution in [0.25, 0.3) is 0 Å². The van der Waals surface area contributed by atoms with Gasteiger partial charge in [0.15, 0.2) is 0 Å². The summed E-state index contributed by atoms with van der Waals surface area (Å²) in [7, 11) is 0. The quantitative estimate of drug-likeness (QED) is 0.450. The minimum atomic E-state index is -0.349. The number of rotatable bonds is 3. The summed E-state index contributed by atoms with van der Waals surface area (Å²) >= 11 is 0. The van der Waals surface area contributed by atoms with Crippen molar-refractivity contribution in [1.29, 1.82) is 0 Å². The van der Waals surface area contributed by atoms with E-state index in [1.165, 1.54) is 42.5 Å². The Morgan fingerprint density at radius 1 is 1.21 bits per heavy atom. The molecule has 98 valence electrons. The maximum absolute atomic E-state index is 12.7. The van der Waals surface area contributed by atoms with Gasteiger partial charge in [0.25, 0.3) is 0 Å². The van der Waals surface area contributed by atoms with E-state index < -0.39 is 0 Å². The number of benzene rings is 2. The fraction of sp³-hybridized carbons (Fsp3) is 0.0714. The van der Waals surface area contributed by atoms with Gasteiger partial charge in [-0.15, -0.1) is 0 Å². The fourth-order valence-corrected chi connectivity index (χ4v) is 1.64. The zero-order chi connectivity index (χ0) is 13.8. The lowest BCUT2D eigenvalue weighted by Gasteiger charge is -2.08. The minimum absolute atomic E-state index is 0.0540. The molecule has 0 bridgehead atoms. The lowest BCUT2D eigenvalue weighted by molar-refractivity contribution is -0.115. The van der Waals surface area contributed by atoms with Gasteiger partial charge in [-0.2, -0.15) is 0 Å². The topological polar surface area (TPSA) is 75.3 Å². The molecule has 0 aliphatic rings. The Kier molecular flexibility index (Phi) is 3.66. The van der Waals surface area contributed by atoms with Gasteiger partial charge in [-0.25, -0.2) is 4.39 Å². The number of anilines is 2. The number of carbonyl (C=O) groups is 1. The molecule has 0 aromatic heterocycles. The Hall–Kier alpha value is -2.56. The number of phenols is 1. The lowest BCUT2D eigenvalue weighted by Crippen LogP contribution is -2.14. The molecule has 2 aromatic rings. The second-order valence-electron chi connectivity index (χ2n) is 4.13. The van der Waals surface area contributed by atoms with Crippen molar-refractivity contribution < 1.29 is 14.3 Å². The van der Waals surface area contributed by atoms with E-state index in [0.29, 0.717) is 11.3 Å². The van der Waals surface area contributed by atoms with E-state index in [-0.39, 0.29) is 29.6 Å². The summed E-state index contributed by atoms with van der Waals surface area (Å²) < 4.78 is 12.7. The van der Waals surface area contributed by atoms with Gasteiger partial charge in [-0.3, -0.25) is 4.79 Å². The minimum Gasteiger partial charge on any atom is -0.506 e. The molecule has 0 aliphatic carbocycles. The number of nitrogens with two attached hydrogens (primary N) is 1. The van der Waals surface area contributed by atoms with Gasteiger partial charge in [-0.05, 0) is 35.9 Å². The Labute approximate surface area is 109 Å². The van der Waals surface area contributed by atoms with Gasteiger partial charge in [0, 0.05) is 5.69 Å². The highest BCUT2D eigenvalue weighted by atomic mass is 19.1. The first-order chi connectivity index (χ1) is 9.04. The first-order valence-corrected chi connectivity index (χ1v) is 5.67. The molecule has 19 heavy (non-hydrogen) atoms. The van der Waals surface area contributed by atoms with Gasteiger partial charge in [0.2, 0.25) is 5.91 Å². The van der Waals surface area contributed by atoms with Crippen LogP contribution in [-0.2, 0) is 11.2 Å². The van der Waals surface area contributed by atoms with Crippen LogP contribution in [-0.4, -0.2) is 11.0 Å². The molecule has 2 aromatic carbocycles. The number of nitrogens with one attached hydrogen (secondary N) is 1. The summed E-state index contributed by atoms with van der Waals surface area (Å²) in [4.78, 5) is 11.8. The molecule has 0 saturated carbocycles. The van der Waals surface area contributed by atoms with Gasteiger partial charge in [-0.1, -0.05) is 12.1 Å². The Morgan fingerprint density at radius 2 is 1.89 bits per heavy atom. The SMILES string of the molecule is Nc1ccc(O)c(NC(=O)Cc2ccc(F)cc2)c1. The van der Waals surface area contributed by atoms with Crippen LogP contribution >= 0.6 is 0 Å². The van der Waals surface area contributed by atoms with Crippen molar-refractivity contribution in [2.75, 3.05) is 11.1 Å². The van der Waals surface area contributed by atoms with E-state index in [2.05, 4.69) is 5.32 Å². The Bertz CT molecular complexity index is 597. The average Bonchev–Trinajstić information content (AvgIpc) is 2.37. The Balaban J connectivity index is 2.05. The summed E-state index contributed by atoms with van der Waals surface area (Å²) in [5, 5.41) is 12.1. The van der Waals surface area contributed by atoms with Gasteiger partial charge in [0.1, 0.15) is 11.6 Å². The molecular formula is C14H13FN2O2. The highest BCUT2D eigenvalue weighted by molar-refractivity contribution is 5.94. The number of hydrogen-bond acceptors (Lipinski definition) is 3. The van der Waals surface area contributed by atoms with E-state index in [1.807, 2.05) is 0 Å². The van der Waals surface area contributed by atoms with Crippen LogP contribution in [0.3, 0.4) is 0 Å². The van der Waals surface area contributed by atoms with Crippen molar-refractivity contribution in [3.63, 3.8) is 0 Å². The van der Waals surface area contributed by atoms with E-state index in [1.54, 1.807) is 0 Å². The molecule has 0 fully saturated rings. The van der Waals surface area contributed by atoms with Crippen LogP contribution in [0.15, 0.2) is 42.5 Å². The number of amides is 1. The van der Waals surface area contributed by atoms with E-state index in [0.717, 1.165) is 0 Å². The largest absolute Gasteiger partial charge is 0.506 e. The molecule has 0 radical (unpaired) electrons. The lowest BCUT2D eigenvalue weighted by atomic mass is 10.1. The maximum Gasteiger partial charge on any atom is 0.228 e. The zero-order valence-electron chi connectivity index (χ0n) is 10.1. The predicted molar refractivity (Wildman–Crippen MR) is 71.3 cm³/mol. The van der Waals surface area contributed by atoms with Crippen LogP contribution in [0.5, 0.6) is 5.75 Å². The molecule has 0 unspecified atom stereocenters. The van der Waals surface area contributed by atoms with Crippen LogP contribution in [0.4, 0.5) is 15.8 Å². The summed E-state index contributed by atoms with van der Waals surface area (Å²) in [5.74, 6) is -0.716. The smallest absolute Gasteiger partial charge is 0.228 e. The number of nitrogen functional groups attached to an aromatic ring is 1. The molecule has 5 heteroatoms. The maximum atomic E-state index is 12.7. The van der Waals surface area contributed by atoms with E-state index in [4.69, 9.17) is 5.73 Å². The third-order valence-corrected chi connectivity index (χ3v) is 2.57. The van der Waals surface area contributed by atoms with Gasteiger partial charge < -0.3 is 16.2 Å². The molecule has 0 spiro atoms. The summed E-state index contributed by atoms with van der Waals surface area (Å²) in [5.41, 5.74) is 6.95. The number of hydrogen-bond donors (Lipinski definition) is 3. The third-order valence-electron chi connectivity index (χ3n) is 2.57. The standard InChI is InChI=1S/C14H13FN2O2/c15-10-3-1-9(2-4-10)7-14(19)17-12-8-11(16)5-6-13(12)18/h1-6,8,18H,7,16H2,(H,17,19). The summed E-state index contributed by atoms with van der Waals surface area (Å²) in [6.45, 7) is 0. The van der Waals surface area contributed by atoms with Crippen molar-refractivity contribution >= 4 is 17.3 Å². The second kappa shape index (κ2) is 5.39. The van der Waals surface area contributed by atoms with Crippen LogP contribution in [0.2, 0.25) is 0 Å².